The van der Waals surface area contributed by atoms with E-state index in [2.05, 4.69) is 15.3 Å². The third-order valence-electron chi connectivity index (χ3n) is 4.39. The maximum Gasteiger partial charge on any atom is 0.276 e. The van der Waals surface area contributed by atoms with Gasteiger partial charge in [-0.3, -0.25) is 10.1 Å². The number of carbonyl (C=O) groups is 1. The van der Waals surface area contributed by atoms with Crippen LogP contribution in [0.25, 0.3) is 10.6 Å². The highest BCUT2D eigenvalue weighted by Gasteiger charge is 2.18. The zero-order valence-electron chi connectivity index (χ0n) is 14.4. The summed E-state index contributed by atoms with van der Waals surface area (Å²) in [5.74, 6) is 0.531. The summed E-state index contributed by atoms with van der Waals surface area (Å²) in [4.78, 5) is 23.0. The molecule has 0 saturated carbocycles. The minimum Gasteiger partial charge on any atom is -0.496 e. The van der Waals surface area contributed by atoms with E-state index in [0.29, 0.717) is 10.8 Å². The predicted octanol–water partition coefficient (Wildman–Crippen LogP) is 4.80. The molecule has 1 N–H and O–H groups in total. The van der Waals surface area contributed by atoms with Gasteiger partial charge >= 0.3 is 0 Å². The van der Waals surface area contributed by atoms with Gasteiger partial charge in [-0.05, 0) is 37.8 Å². The molecular weight excluding hydrogens is 366 g/mol. The summed E-state index contributed by atoms with van der Waals surface area (Å²) in [6, 6.07) is 7.67. The van der Waals surface area contributed by atoms with Gasteiger partial charge in [0.1, 0.15) is 16.5 Å². The van der Waals surface area contributed by atoms with Crippen molar-refractivity contribution in [2.45, 2.75) is 32.1 Å². The standard InChI is InChI=1S/C19H19N3O2S2/c1-24-15-9-6-5-7-12(15)18-20-14(11-25-18)17(23)22-19-21-13-8-3-2-4-10-16(13)26-19/h5-7,9,11H,2-4,8,10H2,1H3,(H,21,22,23). The fourth-order valence-corrected chi connectivity index (χ4v) is 4.94. The molecule has 1 amide bonds. The number of para-hydroxylation sites is 1. The number of anilines is 1. The number of fused-ring (bicyclic) bond motifs is 1. The summed E-state index contributed by atoms with van der Waals surface area (Å²) < 4.78 is 5.38. The van der Waals surface area contributed by atoms with Crippen LogP contribution in [0.1, 0.15) is 40.3 Å². The summed E-state index contributed by atoms with van der Waals surface area (Å²) in [6.45, 7) is 0. The minimum absolute atomic E-state index is 0.216. The van der Waals surface area contributed by atoms with Crippen LogP contribution >= 0.6 is 22.7 Å². The quantitative estimate of drug-likeness (QED) is 0.656. The first-order valence-corrected chi connectivity index (χ1v) is 10.3. The van der Waals surface area contributed by atoms with Crippen molar-refractivity contribution in [3.05, 3.63) is 45.9 Å². The van der Waals surface area contributed by atoms with Crippen LogP contribution in [0.15, 0.2) is 29.6 Å². The lowest BCUT2D eigenvalue weighted by atomic mass is 10.2. The topological polar surface area (TPSA) is 64.1 Å². The minimum atomic E-state index is -0.216. The van der Waals surface area contributed by atoms with E-state index in [0.717, 1.165) is 34.9 Å². The summed E-state index contributed by atoms with van der Waals surface area (Å²) >= 11 is 3.03. The summed E-state index contributed by atoms with van der Waals surface area (Å²) in [7, 11) is 1.63. The van der Waals surface area contributed by atoms with Gasteiger partial charge < -0.3 is 4.74 Å². The van der Waals surface area contributed by atoms with E-state index in [9.17, 15) is 4.79 Å². The molecular formula is C19H19N3O2S2. The molecule has 0 aliphatic heterocycles. The summed E-state index contributed by atoms with van der Waals surface area (Å²) in [5, 5.41) is 6.13. The average Bonchev–Trinajstić information content (AvgIpc) is 3.24. The van der Waals surface area contributed by atoms with Gasteiger partial charge in [0.15, 0.2) is 5.13 Å². The predicted molar refractivity (Wildman–Crippen MR) is 105 cm³/mol. The molecule has 0 saturated heterocycles. The lowest BCUT2D eigenvalue weighted by molar-refractivity contribution is 0.102. The molecule has 0 atom stereocenters. The van der Waals surface area contributed by atoms with Gasteiger partial charge in [-0.2, -0.15) is 0 Å². The summed E-state index contributed by atoms with van der Waals surface area (Å²) in [5.41, 5.74) is 2.44. The molecule has 1 aliphatic carbocycles. The highest BCUT2D eigenvalue weighted by atomic mass is 32.1. The molecule has 2 aromatic heterocycles. The van der Waals surface area contributed by atoms with Gasteiger partial charge in [-0.1, -0.05) is 18.6 Å². The number of hydrogen-bond donors (Lipinski definition) is 1. The Hall–Kier alpha value is -2.25. The number of methoxy groups -OCH3 is 1. The number of ether oxygens (including phenoxy) is 1. The van der Waals surface area contributed by atoms with Gasteiger partial charge in [-0.25, -0.2) is 9.97 Å². The Labute approximate surface area is 160 Å². The Balaban J connectivity index is 1.52. The maximum absolute atomic E-state index is 12.6. The Morgan fingerprint density at radius 1 is 1.15 bits per heavy atom. The maximum atomic E-state index is 12.6. The molecule has 0 fully saturated rings. The first-order chi connectivity index (χ1) is 12.7. The van der Waals surface area contributed by atoms with Crippen LogP contribution < -0.4 is 10.1 Å². The van der Waals surface area contributed by atoms with E-state index in [1.807, 2.05) is 24.3 Å². The second kappa shape index (κ2) is 7.55. The van der Waals surface area contributed by atoms with Gasteiger partial charge in [0.25, 0.3) is 5.91 Å². The monoisotopic (exact) mass is 385 g/mol. The van der Waals surface area contributed by atoms with Crippen LogP contribution in [0.3, 0.4) is 0 Å². The number of rotatable bonds is 4. The molecule has 0 bridgehead atoms. The van der Waals surface area contributed by atoms with Crippen LogP contribution in [0.4, 0.5) is 5.13 Å². The van der Waals surface area contributed by atoms with Crippen molar-refractivity contribution in [1.82, 2.24) is 9.97 Å². The molecule has 0 unspecified atom stereocenters. The van der Waals surface area contributed by atoms with Gasteiger partial charge in [-0.15, -0.1) is 22.7 Å². The number of benzene rings is 1. The Kier molecular flexibility index (Phi) is 4.99. The lowest BCUT2D eigenvalue weighted by Crippen LogP contribution is -2.12. The van der Waals surface area contributed by atoms with E-state index < -0.39 is 0 Å². The van der Waals surface area contributed by atoms with Crippen LogP contribution in [0.2, 0.25) is 0 Å². The molecule has 0 radical (unpaired) electrons. The fourth-order valence-electron chi connectivity index (χ4n) is 3.07. The SMILES string of the molecule is COc1ccccc1-c1nc(C(=O)Nc2nc3c(s2)CCCCC3)cs1. The van der Waals surface area contributed by atoms with Crippen molar-refractivity contribution in [1.29, 1.82) is 0 Å². The molecule has 4 rings (SSSR count). The zero-order chi connectivity index (χ0) is 17.9. The van der Waals surface area contributed by atoms with E-state index in [1.54, 1.807) is 23.8 Å². The molecule has 3 aromatic rings. The van der Waals surface area contributed by atoms with Crippen molar-refractivity contribution in [3.8, 4) is 16.3 Å². The summed E-state index contributed by atoms with van der Waals surface area (Å²) in [6.07, 6.45) is 5.72. The van der Waals surface area contributed by atoms with E-state index in [4.69, 9.17) is 4.74 Å². The second-order valence-electron chi connectivity index (χ2n) is 6.14. The fraction of sp³-hybridized carbons (Fsp3) is 0.316. The van der Waals surface area contributed by atoms with Gasteiger partial charge in [0, 0.05) is 10.3 Å². The van der Waals surface area contributed by atoms with Crippen molar-refractivity contribution in [2.75, 3.05) is 12.4 Å². The molecule has 0 spiro atoms. The first kappa shape index (κ1) is 17.2. The third kappa shape index (κ3) is 3.50. The second-order valence-corrected chi connectivity index (χ2v) is 8.08. The number of nitrogens with zero attached hydrogens (tertiary/aromatic N) is 2. The van der Waals surface area contributed by atoms with Crippen LogP contribution in [0, 0.1) is 0 Å². The smallest absolute Gasteiger partial charge is 0.276 e. The van der Waals surface area contributed by atoms with Crippen LogP contribution in [-0.2, 0) is 12.8 Å². The van der Waals surface area contributed by atoms with E-state index in [1.165, 1.54) is 35.5 Å². The third-order valence-corrected chi connectivity index (χ3v) is 6.34. The van der Waals surface area contributed by atoms with Crippen molar-refractivity contribution >= 4 is 33.7 Å². The van der Waals surface area contributed by atoms with Gasteiger partial charge in [0.05, 0.1) is 18.4 Å². The van der Waals surface area contributed by atoms with Crippen molar-refractivity contribution in [2.24, 2.45) is 0 Å². The molecule has 7 heteroatoms. The number of amides is 1. The zero-order valence-corrected chi connectivity index (χ0v) is 16.1. The Bertz CT molecular complexity index is 909. The molecule has 1 aromatic carbocycles. The number of thiazole rings is 2. The number of hydrogen-bond acceptors (Lipinski definition) is 6. The average molecular weight is 386 g/mol. The molecule has 2 heterocycles. The first-order valence-electron chi connectivity index (χ1n) is 8.63. The van der Waals surface area contributed by atoms with E-state index in [-0.39, 0.29) is 5.91 Å². The number of aryl methyl sites for hydroxylation is 2. The Morgan fingerprint density at radius 2 is 2.00 bits per heavy atom. The number of carbonyl (C=O) groups excluding carboxylic acids is 1. The van der Waals surface area contributed by atoms with Gasteiger partial charge in [0.2, 0.25) is 0 Å². The molecule has 5 nitrogen and oxygen atoms in total. The largest absolute Gasteiger partial charge is 0.496 e. The highest BCUT2D eigenvalue weighted by molar-refractivity contribution is 7.16. The van der Waals surface area contributed by atoms with Crippen molar-refractivity contribution in [3.63, 3.8) is 0 Å². The highest BCUT2D eigenvalue weighted by Crippen LogP contribution is 2.33. The van der Waals surface area contributed by atoms with Crippen LogP contribution in [-0.4, -0.2) is 23.0 Å². The lowest BCUT2D eigenvalue weighted by Gasteiger charge is -2.04. The van der Waals surface area contributed by atoms with Crippen LogP contribution in [0.5, 0.6) is 5.75 Å². The number of nitrogens with one attached hydrogen (secondary N) is 1. The van der Waals surface area contributed by atoms with Crippen molar-refractivity contribution < 1.29 is 9.53 Å². The number of aromatic nitrogens is 2. The normalized spacial score (nSPS) is 13.7. The molecule has 26 heavy (non-hydrogen) atoms. The molecule has 1 aliphatic rings. The Morgan fingerprint density at radius 3 is 2.88 bits per heavy atom. The molecule has 134 valence electrons. The van der Waals surface area contributed by atoms with E-state index >= 15 is 0 Å².